The van der Waals surface area contributed by atoms with E-state index in [-0.39, 0.29) is 16.9 Å². The predicted octanol–water partition coefficient (Wildman–Crippen LogP) is 6.93. The maximum Gasteiger partial charge on any atom is 0.420 e. The lowest BCUT2D eigenvalue weighted by Gasteiger charge is -2.26. The van der Waals surface area contributed by atoms with E-state index in [4.69, 9.17) is 0 Å². The zero-order chi connectivity index (χ0) is 21.0. The minimum atomic E-state index is -4.53. The summed E-state index contributed by atoms with van der Waals surface area (Å²) >= 11 is 0.991. The van der Waals surface area contributed by atoms with Gasteiger partial charge < -0.3 is 4.90 Å². The van der Waals surface area contributed by atoms with Gasteiger partial charge in [-0.05, 0) is 36.6 Å². The molecule has 1 aromatic heterocycles. The molecular weight excluding hydrogens is 395 g/mol. The fraction of sp³-hybridized carbons (Fsp3) is 0.273. The lowest BCUT2D eigenvalue weighted by molar-refractivity contribution is -0.140. The average molecular weight is 418 g/mol. The van der Waals surface area contributed by atoms with Crippen molar-refractivity contribution in [2.24, 2.45) is 0 Å². The summed E-state index contributed by atoms with van der Waals surface area (Å²) in [6.45, 7) is 6.63. The van der Waals surface area contributed by atoms with Gasteiger partial charge in [-0.3, -0.25) is 0 Å². The molecule has 0 aliphatic rings. The number of hydrogen-bond acceptors (Lipinski definition) is 4. The van der Waals surface area contributed by atoms with Gasteiger partial charge in [0.25, 0.3) is 0 Å². The zero-order valence-electron chi connectivity index (χ0n) is 16.4. The minimum Gasteiger partial charge on any atom is -0.311 e. The second-order valence-electron chi connectivity index (χ2n) is 6.76. The number of para-hydroxylation sites is 1. The molecule has 3 nitrogen and oxygen atoms in total. The van der Waals surface area contributed by atoms with Crippen molar-refractivity contribution >= 4 is 23.4 Å². The van der Waals surface area contributed by atoms with Crippen molar-refractivity contribution in [1.29, 1.82) is 0 Å². The Morgan fingerprint density at radius 3 is 2.28 bits per heavy atom. The smallest absolute Gasteiger partial charge is 0.311 e. The van der Waals surface area contributed by atoms with Gasteiger partial charge in [0.05, 0.1) is 0 Å². The van der Waals surface area contributed by atoms with Crippen molar-refractivity contribution in [3.63, 3.8) is 0 Å². The van der Waals surface area contributed by atoms with Crippen LogP contribution in [0, 0.1) is 0 Å². The van der Waals surface area contributed by atoms with E-state index in [0.717, 1.165) is 29.2 Å². The fourth-order valence-corrected chi connectivity index (χ4v) is 3.92. The third kappa shape index (κ3) is 4.90. The van der Waals surface area contributed by atoms with E-state index >= 15 is 0 Å². The summed E-state index contributed by atoms with van der Waals surface area (Å²) in [5.74, 6) is 0.514. The van der Waals surface area contributed by atoms with Gasteiger partial charge in [0.1, 0.15) is 10.6 Å². The first-order chi connectivity index (χ1) is 13.8. The first-order valence-corrected chi connectivity index (χ1v) is 10.2. The highest BCUT2D eigenvalue weighted by Gasteiger charge is 2.36. The molecule has 7 heteroatoms. The lowest BCUT2D eigenvalue weighted by atomic mass is 10.0. The number of nitrogens with zero attached hydrogens (tertiary/aromatic N) is 3. The number of halogens is 3. The summed E-state index contributed by atoms with van der Waals surface area (Å²) in [6.07, 6.45) is -3.64. The highest BCUT2D eigenvalue weighted by molar-refractivity contribution is 7.99. The van der Waals surface area contributed by atoms with Gasteiger partial charge in [0.15, 0.2) is 0 Å². The molecule has 1 heterocycles. The summed E-state index contributed by atoms with van der Waals surface area (Å²) in [4.78, 5) is 11.0. The van der Waals surface area contributed by atoms with Crippen molar-refractivity contribution in [2.45, 2.75) is 42.8 Å². The molecule has 0 unspecified atom stereocenters. The monoisotopic (exact) mass is 417 g/mol. The summed E-state index contributed by atoms with van der Waals surface area (Å²) in [5.41, 5.74) is 1.17. The molecule has 0 radical (unpaired) electrons. The van der Waals surface area contributed by atoms with Crippen LogP contribution in [-0.4, -0.2) is 16.5 Å². The Morgan fingerprint density at radius 1 is 1.00 bits per heavy atom. The van der Waals surface area contributed by atoms with E-state index in [0.29, 0.717) is 11.4 Å². The summed E-state index contributed by atoms with van der Waals surface area (Å²) < 4.78 is 40.7. The number of hydrogen-bond donors (Lipinski definition) is 0. The van der Waals surface area contributed by atoms with Crippen LogP contribution in [0.2, 0.25) is 0 Å². The molecule has 0 N–H and O–H groups in total. The van der Waals surface area contributed by atoms with Crippen molar-refractivity contribution in [2.75, 3.05) is 11.4 Å². The van der Waals surface area contributed by atoms with Gasteiger partial charge in [-0.1, -0.05) is 62.0 Å². The van der Waals surface area contributed by atoms with E-state index in [2.05, 4.69) is 23.8 Å². The molecule has 0 saturated carbocycles. The van der Waals surface area contributed by atoms with Crippen molar-refractivity contribution in [3.05, 3.63) is 71.9 Å². The number of anilines is 2. The molecule has 0 aliphatic carbocycles. The normalized spacial score (nSPS) is 11.7. The van der Waals surface area contributed by atoms with Gasteiger partial charge in [0.2, 0.25) is 5.95 Å². The van der Waals surface area contributed by atoms with Crippen molar-refractivity contribution in [1.82, 2.24) is 9.97 Å². The van der Waals surface area contributed by atoms with Crippen LogP contribution in [-0.2, 0) is 6.18 Å². The van der Waals surface area contributed by atoms with Gasteiger partial charge in [-0.15, -0.1) is 0 Å². The highest BCUT2D eigenvalue weighted by atomic mass is 32.2. The molecule has 0 atom stereocenters. The zero-order valence-corrected chi connectivity index (χ0v) is 17.3. The lowest BCUT2D eigenvalue weighted by Crippen LogP contribution is -2.22. The molecule has 0 amide bonds. The van der Waals surface area contributed by atoms with Crippen LogP contribution in [0.1, 0.15) is 37.8 Å². The molecular formula is C22H22F3N3S. The molecule has 0 bridgehead atoms. The molecule has 3 rings (SSSR count). The number of aromatic nitrogens is 2. The van der Waals surface area contributed by atoms with E-state index < -0.39 is 11.7 Å². The van der Waals surface area contributed by atoms with E-state index in [9.17, 15) is 13.2 Å². The van der Waals surface area contributed by atoms with Crippen LogP contribution in [0.25, 0.3) is 0 Å². The molecule has 0 fully saturated rings. The average Bonchev–Trinajstić information content (AvgIpc) is 2.69. The van der Waals surface area contributed by atoms with E-state index in [1.165, 1.54) is 0 Å². The third-order valence-electron chi connectivity index (χ3n) is 4.41. The van der Waals surface area contributed by atoms with Crippen molar-refractivity contribution < 1.29 is 13.2 Å². The second kappa shape index (κ2) is 8.86. The molecule has 29 heavy (non-hydrogen) atoms. The highest BCUT2D eigenvalue weighted by Crippen LogP contribution is 2.40. The Balaban J connectivity index is 2.09. The molecule has 2 aromatic carbocycles. The van der Waals surface area contributed by atoms with Crippen LogP contribution < -0.4 is 4.90 Å². The number of rotatable bonds is 6. The summed E-state index contributed by atoms with van der Waals surface area (Å²) in [6, 6.07) is 16.8. The number of benzene rings is 2. The van der Waals surface area contributed by atoms with Crippen LogP contribution in [0.15, 0.2) is 70.7 Å². The summed E-state index contributed by atoms with van der Waals surface area (Å²) in [7, 11) is 0. The molecule has 0 saturated heterocycles. The van der Waals surface area contributed by atoms with Crippen LogP contribution in [0.3, 0.4) is 0 Å². The van der Waals surface area contributed by atoms with Gasteiger partial charge in [-0.2, -0.15) is 13.2 Å². The summed E-state index contributed by atoms with van der Waals surface area (Å²) in [5, 5.41) is -0.103. The van der Waals surface area contributed by atoms with Gasteiger partial charge in [0, 0.05) is 23.3 Å². The molecule has 0 spiro atoms. The maximum atomic E-state index is 13.6. The predicted molar refractivity (Wildman–Crippen MR) is 111 cm³/mol. The second-order valence-corrected chi connectivity index (χ2v) is 7.82. The van der Waals surface area contributed by atoms with Crippen LogP contribution >= 0.6 is 11.8 Å². The van der Waals surface area contributed by atoms with Gasteiger partial charge >= 0.3 is 6.18 Å². The molecule has 152 valence electrons. The Hall–Kier alpha value is -2.54. The van der Waals surface area contributed by atoms with Crippen LogP contribution in [0.4, 0.5) is 24.8 Å². The fourth-order valence-electron chi connectivity index (χ4n) is 3.00. The Kier molecular flexibility index (Phi) is 6.47. The van der Waals surface area contributed by atoms with E-state index in [1.54, 1.807) is 24.3 Å². The van der Waals surface area contributed by atoms with E-state index in [1.807, 2.05) is 42.2 Å². The van der Waals surface area contributed by atoms with Crippen LogP contribution in [0.5, 0.6) is 0 Å². The first-order valence-electron chi connectivity index (χ1n) is 9.34. The van der Waals surface area contributed by atoms with Crippen molar-refractivity contribution in [3.8, 4) is 0 Å². The first kappa shape index (κ1) is 21.2. The molecule has 0 aliphatic heterocycles. The standard InChI is InChI=1S/C22H22F3N3S/c1-4-28(19-13-9-8-12-17(19)15(2)3)21-26-14-18(22(23,24)25)20(27-21)29-16-10-6-5-7-11-16/h5-15H,4H2,1-3H3. The Bertz CT molecular complexity index is 959. The Morgan fingerprint density at radius 2 is 1.66 bits per heavy atom. The molecule has 3 aromatic rings. The maximum absolute atomic E-state index is 13.6. The topological polar surface area (TPSA) is 29.0 Å². The quantitative estimate of drug-likeness (QED) is 0.407. The SMILES string of the molecule is CCN(c1ncc(C(F)(F)F)c(Sc2ccccc2)n1)c1ccccc1C(C)C. The Labute approximate surface area is 173 Å². The third-order valence-corrected chi connectivity index (χ3v) is 5.42. The minimum absolute atomic E-state index is 0.103. The number of alkyl halides is 3. The van der Waals surface area contributed by atoms with Gasteiger partial charge in [-0.25, -0.2) is 9.97 Å². The largest absolute Gasteiger partial charge is 0.420 e.